The van der Waals surface area contributed by atoms with E-state index in [2.05, 4.69) is 10.1 Å². The summed E-state index contributed by atoms with van der Waals surface area (Å²) in [5.41, 5.74) is 3.02. The first-order chi connectivity index (χ1) is 12.3. The van der Waals surface area contributed by atoms with E-state index in [1.54, 1.807) is 18.2 Å². The molecule has 25 heavy (non-hydrogen) atoms. The van der Waals surface area contributed by atoms with Crippen LogP contribution in [0.2, 0.25) is 0 Å². The van der Waals surface area contributed by atoms with Crippen molar-refractivity contribution in [2.45, 2.75) is 0 Å². The van der Waals surface area contributed by atoms with E-state index in [1.165, 1.54) is 12.1 Å². The molecular weight excluding hydrogens is 314 g/mol. The highest BCUT2D eigenvalue weighted by Gasteiger charge is 2.20. The zero-order valence-electron chi connectivity index (χ0n) is 13.0. The molecule has 1 aliphatic carbocycles. The van der Waals surface area contributed by atoms with Crippen LogP contribution in [0.3, 0.4) is 0 Å². The summed E-state index contributed by atoms with van der Waals surface area (Å²) in [6, 6.07) is 16.0. The topological polar surface area (TPSA) is 74.8 Å². The van der Waals surface area contributed by atoms with Gasteiger partial charge in [-0.15, -0.1) is 0 Å². The predicted molar refractivity (Wildman–Crippen MR) is 91.9 cm³/mol. The van der Waals surface area contributed by atoms with Crippen LogP contribution in [0, 0.1) is 11.3 Å². The maximum absolute atomic E-state index is 12.1. The Hall–Kier alpha value is -3.78. The van der Waals surface area contributed by atoms with Crippen LogP contribution in [0.1, 0.15) is 15.9 Å². The Morgan fingerprint density at radius 1 is 1.12 bits per heavy atom. The number of nitriles is 1. The van der Waals surface area contributed by atoms with Crippen LogP contribution >= 0.6 is 0 Å². The predicted octanol–water partition coefficient (Wildman–Crippen LogP) is 2.01. The van der Waals surface area contributed by atoms with Gasteiger partial charge in [-0.05, 0) is 42.5 Å². The maximum Gasteiger partial charge on any atom is 0.365 e. The van der Waals surface area contributed by atoms with Crippen molar-refractivity contribution in [3.63, 3.8) is 0 Å². The number of allylic oxidation sites excluding steroid dienone is 4. The fraction of sp³-hybridized carbons (Fsp3) is 0. The Morgan fingerprint density at radius 3 is 2.72 bits per heavy atom. The number of hydrogen-bond acceptors (Lipinski definition) is 5. The molecule has 0 bridgehead atoms. The highest BCUT2D eigenvalue weighted by molar-refractivity contribution is 6.30. The first kappa shape index (κ1) is 14.8. The van der Waals surface area contributed by atoms with Gasteiger partial charge in [0.25, 0.3) is 0 Å². The molecule has 0 unspecified atom stereocenters. The van der Waals surface area contributed by atoms with Gasteiger partial charge >= 0.3 is 5.97 Å². The minimum absolute atomic E-state index is 0.334. The number of nitrogens with zero attached hydrogens (tertiary/aromatic N) is 3. The summed E-state index contributed by atoms with van der Waals surface area (Å²) >= 11 is 0. The molecule has 0 radical (unpaired) electrons. The van der Waals surface area contributed by atoms with Crippen molar-refractivity contribution in [3.05, 3.63) is 94.2 Å². The molecule has 0 amide bonds. The van der Waals surface area contributed by atoms with Crippen LogP contribution in [0.4, 0.5) is 0 Å². The van der Waals surface area contributed by atoms with Crippen LogP contribution in [-0.2, 0) is 4.84 Å². The highest BCUT2D eigenvalue weighted by Crippen LogP contribution is 2.21. The molecule has 5 heteroatoms. The largest absolute Gasteiger partial charge is 0.365 e. The zero-order chi connectivity index (χ0) is 17.2. The van der Waals surface area contributed by atoms with Gasteiger partial charge in [0.1, 0.15) is 5.71 Å². The molecule has 0 fully saturated rings. The molecule has 1 aliphatic heterocycles. The molecular formula is C20H11N3O2. The zero-order valence-corrected chi connectivity index (χ0v) is 13.0. The number of benzene rings is 2. The van der Waals surface area contributed by atoms with E-state index in [4.69, 9.17) is 10.1 Å². The summed E-state index contributed by atoms with van der Waals surface area (Å²) in [6.07, 6.45) is 5.50. The Balaban J connectivity index is 1.65. The SMILES string of the molecule is N#Cc1ccc(C(=O)ON=C2C=CC=C3N=c4ccccc4=C32)cc1. The summed E-state index contributed by atoms with van der Waals surface area (Å²) in [5, 5.41) is 14.7. The van der Waals surface area contributed by atoms with Crippen LogP contribution in [-0.4, -0.2) is 11.7 Å². The van der Waals surface area contributed by atoms with E-state index in [0.717, 1.165) is 21.8 Å². The summed E-state index contributed by atoms with van der Waals surface area (Å²) < 4.78 is 0. The third-order valence-corrected chi connectivity index (χ3v) is 3.91. The minimum atomic E-state index is -0.578. The van der Waals surface area contributed by atoms with Gasteiger partial charge in [0.2, 0.25) is 0 Å². The van der Waals surface area contributed by atoms with Crippen LogP contribution in [0.5, 0.6) is 0 Å². The van der Waals surface area contributed by atoms with Crippen molar-refractivity contribution in [3.8, 4) is 6.07 Å². The molecule has 0 saturated heterocycles. The van der Waals surface area contributed by atoms with Gasteiger partial charge in [-0.3, -0.25) is 0 Å². The molecule has 0 N–H and O–H groups in total. The fourth-order valence-corrected chi connectivity index (χ4v) is 2.71. The Bertz CT molecular complexity index is 1130. The van der Waals surface area contributed by atoms with Crippen molar-refractivity contribution < 1.29 is 9.63 Å². The smallest absolute Gasteiger partial charge is 0.312 e. The average Bonchev–Trinajstić information content (AvgIpc) is 3.05. The highest BCUT2D eigenvalue weighted by atomic mass is 16.7. The fourth-order valence-electron chi connectivity index (χ4n) is 2.71. The number of carbonyl (C=O) groups excluding carboxylic acids is 1. The molecule has 118 valence electrons. The second-order valence-corrected chi connectivity index (χ2v) is 5.46. The molecule has 0 aromatic heterocycles. The summed E-state index contributed by atoms with van der Waals surface area (Å²) in [6.45, 7) is 0. The second-order valence-electron chi connectivity index (χ2n) is 5.46. The number of para-hydroxylation sites is 1. The van der Waals surface area contributed by atoms with E-state index < -0.39 is 5.97 Å². The molecule has 5 nitrogen and oxygen atoms in total. The van der Waals surface area contributed by atoms with E-state index in [-0.39, 0.29) is 0 Å². The normalized spacial score (nSPS) is 15.7. The molecule has 1 heterocycles. The Labute approximate surface area is 143 Å². The number of rotatable bonds is 2. The summed E-state index contributed by atoms with van der Waals surface area (Å²) in [5.74, 6) is -0.578. The number of oxime groups is 1. The molecule has 2 aromatic rings. The van der Waals surface area contributed by atoms with Crippen molar-refractivity contribution in [2.75, 3.05) is 0 Å². The van der Waals surface area contributed by atoms with Gasteiger partial charge in [0, 0.05) is 10.8 Å². The van der Waals surface area contributed by atoms with Crippen LogP contribution < -0.4 is 10.6 Å². The molecule has 0 saturated carbocycles. The lowest BCUT2D eigenvalue weighted by atomic mass is 10.0. The standard InChI is InChI=1S/C20H11N3O2/c21-12-13-8-10-14(11-9-13)20(24)25-23-18-7-3-6-17-19(18)15-4-1-2-5-16(15)22-17/h1-11H. The van der Waals surface area contributed by atoms with Gasteiger partial charge in [-0.25, -0.2) is 9.79 Å². The maximum atomic E-state index is 12.1. The minimum Gasteiger partial charge on any atom is -0.312 e. The lowest BCUT2D eigenvalue weighted by Crippen LogP contribution is -2.24. The molecule has 0 atom stereocenters. The van der Waals surface area contributed by atoms with Crippen molar-refractivity contribution in [1.82, 2.24) is 0 Å². The monoisotopic (exact) mass is 325 g/mol. The third kappa shape index (κ3) is 2.66. The lowest BCUT2D eigenvalue weighted by molar-refractivity contribution is 0.0517. The molecule has 0 spiro atoms. The van der Waals surface area contributed by atoms with Crippen molar-refractivity contribution in [2.24, 2.45) is 10.1 Å². The summed E-state index contributed by atoms with van der Waals surface area (Å²) in [4.78, 5) is 21.8. The number of carbonyl (C=O) groups is 1. The molecule has 2 aliphatic rings. The lowest BCUT2D eigenvalue weighted by Gasteiger charge is -2.08. The van der Waals surface area contributed by atoms with Crippen molar-refractivity contribution >= 4 is 17.3 Å². The van der Waals surface area contributed by atoms with Gasteiger partial charge in [0.05, 0.1) is 28.3 Å². The third-order valence-electron chi connectivity index (χ3n) is 3.91. The van der Waals surface area contributed by atoms with Gasteiger partial charge in [-0.1, -0.05) is 29.4 Å². The molecule has 4 rings (SSSR count). The van der Waals surface area contributed by atoms with Gasteiger partial charge in [0.15, 0.2) is 0 Å². The van der Waals surface area contributed by atoms with E-state index >= 15 is 0 Å². The Morgan fingerprint density at radius 2 is 1.92 bits per heavy atom. The van der Waals surface area contributed by atoms with Gasteiger partial charge < -0.3 is 4.84 Å². The van der Waals surface area contributed by atoms with E-state index in [1.807, 2.05) is 42.5 Å². The molecule has 2 aromatic carbocycles. The average molecular weight is 325 g/mol. The first-order valence-electron chi connectivity index (χ1n) is 7.63. The Kier molecular flexibility index (Phi) is 3.56. The number of fused-ring (bicyclic) bond motifs is 2. The first-order valence-corrected chi connectivity index (χ1v) is 7.63. The van der Waals surface area contributed by atoms with Gasteiger partial charge in [-0.2, -0.15) is 5.26 Å². The van der Waals surface area contributed by atoms with Crippen molar-refractivity contribution in [1.29, 1.82) is 5.26 Å². The summed E-state index contributed by atoms with van der Waals surface area (Å²) in [7, 11) is 0. The van der Waals surface area contributed by atoms with Crippen LogP contribution in [0.15, 0.2) is 82.6 Å². The van der Waals surface area contributed by atoms with E-state index in [0.29, 0.717) is 16.8 Å². The second kappa shape index (κ2) is 6.02. The number of hydrogen-bond donors (Lipinski definition) is 0. The van der Waals surface area contributed by atoms with E-state index in [9.17, 15) is 4.79 Å². The van der Waals surface area contributed by atoms with Crippen LogP contribution in [0.25, 0.3) is 5.57 Å². The quantitative estimate of drug-likeness (QED) is 0.626.